The molecular weight excluding hydrogens is 688 g/mol. The van der Waals surface area contributed by atoms with Crippen LogP contribution >= 0.6 is 0 Å². The third kappa shape index (κ3) is 16.5. The summed E-state index contributed by atoms with van der Waals surface area (Å²) in [5.41, 5.74) is 2.20. The molecule has 0 spiro atoms. The van der Waals surface area contributed by atoms with E-state index in [0.717, 1.165) is 24.5 Å². The summed E-state index contributed by atoms with van der Waals surface area (Å²) in [6.07, 6.45) is 23.1. The van der Waals surface area contributed by atoms with E-state index in [1.54, 1.807) is 23.7 Å². The maximum absolute atomic E-state index is 6.08. The summed E-state index contributed by atoms with van der Waals surface area (Å²) in [5.74, 6) is 7.50. The molecule has 0 saturated heterocycles. The fourth-order valence-corrected chi connectivity index (χ4v) is 6.86. The molecule has 0 aromatic heterocycles. The molecule has 0 aliphatic heterocycles. The molecule has 0 radical (unpaired) electrons. The van der Waals surface area contributed by atoms with Gasteiger partial charge in [0.25, 0.3) is 0 Å². The average molecular weight is 751 g/mol. The summed E-state index contributed by atoms with van der Waals surface area (Å²) in [4.78, 5) is 0. The van der Waals surface area contributed by atoms with Crippen molar-refractivity contribution in [2.75, 3.05) is 36.3 Å². The van der Waals surface area contributed by atoms with Gasteiger partial charge < -0.3 is 28.4 Å². The van der Waals surface area contributed by atoms with Crippen molar-refractivity contribution in [3.8, 4) is 0 Å². The minimum Gasteiger partial charge on any atom is -0.378 e. The monoisotopic (exact) mass is 750 g/mol. The molecule has 4 aliphatic carbocycles. The van der Waals surface area contributed by atoms with Gasteiger partial charge in [0.2, 0.25) is 0 Å². The number of hydrazone groups is 2. The Morgan fingerprint density at radius 2 is 0.939 bits per heavy atom. The average Bonchev–Trinajstić information content (AvgIpc) is 3.93. The van der Waals surface area contributed by atoms with E-state index in [1.807, 2.05) is 12.1 Å². The molecule has 0 heterocycles. The molecule has 6 rings (SSSR count). The van der Waals surface area contributed by atoms with Crippen molar-refractivity contribution in [3.63, 3.8) is 0 Å². The van der Waals surface area contributed by atoms with Crippen molar-refractivity contribution in [1.82, 2.24) is 0 Å². The van der Waals surface area contributed by atoms with Crippen molar-refractivity contribution < 1.29 is 38.9 Å². The molecule has 49 heavy (non-hydrogen) atoms. The van der Waals surface area contributed by atoms with Crippen LogP contribution in [0.4, 0.5) is 11.4 Å². The van der Waals surface area contributed by atoms with Gasteiger partial charge in [-0.2, -0.15) is 76.4 Å². The van der Waals surface area contributed by atoms with Crippen LogP contribution in [0.5, 0.6) is 0 Å². The number of para-hydroxylation sites is 2. The van der Waals surface area contributed by atoms with Crippen molar-refractivity contribution in [1.29, 1.82) is 0 Å². The van der Waals surface area contributed by atoms with Gasteiger partial charge in [-0.25, -0.2) is 0 Å². The first-order valence-corrected chi connectivity index (χ1v) is 18.6. The number of benzene rings is 2. The first-order valence-electron chi connectivity index (χ1n) is 18.6. The van der Waals surface area contributed by atoms with Crippen LogP contribution in [0.2, 0.25) is 0 Å². The molecule has 4 aliphatic rings. The molecule has 2 atom stereocenters. The van der Waals surface area contributed by atoms with E-state index in [4.69, 9.17) is 14.9 Å². The Bertz CT molecular complexity index is 1050. The minimum absolute atomic E-state index is 0. The van der Waals surface area contributed by atoms with Crippen molar-refractivity contribution in [3.05, 3.63) is 84.3 Å². The minimum atomic E-state index is 0. The smallest absolute Gasteiger partial charge is 0.378 e. The van der Waals surface area contributed by atoms with Crippen LogP contribution in [0.25, 0.3) is 0 Å². The van der Waals surface area contributed by atoms with Gasteiger partial charge in [0.15, 0.2) is 0 Å². The van der Waals surface area contributed by atoms with Gasteiger partial charge in [0.1, 0.15) is 0 Å². The van der Waals surface area contributed by atoms with Gasteiger partial charge in [0.05, 0.1) is 37.7 Å². The predicted molar refractivity (Wildman–Crippen MR) is 203 cm³/mol. The summed E-state index contributed by atoms with van der Waals surface area (Å²) in [6.45, 7) is 11.7. The second kappa shape index (κ2) is 25.4. The normalized spacial score (nSPS) is 21.6. The Labute approximate surface area is 321 Å². The second-order valence-electron chi connectivity index (χ2n) is 14.1. The molecule has 4 fully saturated rings. The Morgan fingerprint density at radius 1 is 0.571 bits per heavy atom. The molecule has 7 heteroatoms. The van der Waals surface area contributed by atoms with E-state index in [2.05, 4.69) is 98.7 Å². The van der Waals surface area contributed by atoms with Crippen LogP contribution in [0, 0.1) is 35.5 Å². The molecule has 272 valence electrons. The predicted octanol–water partition coefficient (Wildman–Crippen LogP) is 11.1. The van der Waals surface area contributed by atoms with E-state index >= 15 is 0 Å². The molecule has 2 aromatic rings. The third-order valence-corrected chi connectivity index (χ3v) is 10.1. The molecule has 2 unspecified atom stereocenters. The van der Waals surface area contributed by atoms with Gasteiger partial charge in [0, 0.05) is 0 Å². The number of anilines is 2. The van der Waals surface area contributed by atoms with E-state index in [1.165, 1.54) is 89.9 Å². The van der Waals surface area contributed by atoms with Gasteiger partial charge in [-0.05, 0) is 36.7 Å². The number of ether oxygens (including phenoxy) is 1. The number of hydrogen-bond donors (Lipinski definition) is 0. The van der Waals surface area contributed by atoms with Crippen LogP contribution < -0.4 is 10.0 Å². The van der Waals surface area contributed by atoms with Crippen LogP contribution in [0.3, 0.4) is 0 Å². The summed E-state index contributed by atoms with van der Waals surface area (Å²) in [5, 5.41) is 13.9. The summed E-state index contributed by atoms with van der Waals surface area (Å²) in [7, 11) is 0. The van der Waals surface area contributed by atoms with E-state index in [9.17, 15) is 0 Å². The van der Waals surface area contributed by atoms with E-state index in [-0.39, 0.29) is 34.1 Å². The second-order valence-corrected chi connectivity index (χ2v) is 14.1. The van der Waals surface area contributed by atoms with Crippen LogP contribution in [-0.4, -0.2) is 38.7 Å². The molecule has 5 nitrogen and oxygen atoms in total. The zero-order valence-electron chi connectivity index (χ0n) is 30.7. The summed E-state index contributed by atoms with van der Waals surface area (Å²) in [6, 6.07) is 20.8. The van der Waals surface area contributed by atoms with Crippen LogP contribution in [-0.2, 0) is 38.9 Å². The van der Waals surface area contributed by atoms with Crippen LogP contribution in [0.1, 0.15) is 118 Å². The maximum Gasteiger partial charge on any atom is 2.00 e. The standard InChI is InChI=1S/C30H40N4O.2C6H11.2Fe/c1-25-11-9-13-27(25)23-31-33(29-15-5-3-6-16-29)19-21-35-22-20-34(30-17-7-4-8-18-30)32-24-28-14-10-12-26(28)2;2*1-6-4-2-3-5-6;;/h3-8,15-18,23-24,27-28H,9-14,19-22H2,1-2H3;2*2-5H2,1H3;;/q-2;2*-1;2*+2/b31-23+,32-24+;;;;. The zero-order valence-corrected chi connectivity index (χ0v) is 32.9. The molecule has 0 amide bonds. The number of nitrogens with zero attached hydrogens (tertiary/aromatic N) is 4. The fourth-order valence-electron chi connectivity index (χ4n) is 6.86. The quantitative estimate of drug-likeness (QED) is 0.0713. The molecule has 4 saturated carbocycles. The van der Waals surface area contributed by atoms with E-state index in [0.29, 0.717) is 25.0 Å². The number of rotatable bonds is 12. The Balaban J connectivity index is 0.000000499. The first kappa shape index (κ1) is 43.5. The van der Waals surface area contributed by atoms with Crippen molar-refractivity contribution >= 4 is 23.8 Å². The van der Waals surface area contributed by atoms with Gasteiger partial charge in [-0.15, -0.1) is 11.8 Å². The van der Waals surface area contributed by atoms with Gasteiger partial charge in [-0.3, -0.25) is 10.0 Å². The Morgan fingerprint density at radius 3 is 1.22 bits per heavy atom. The van der Waals surface area contributed by atoms with Crippen LogP contribution in [0.15, 0.2) is 70.9 Å². The Kier molecular flexibility index (Phi) is 22.5. The molecular formula is C42H62Fe2N4O. The SMILES string of the molecule is C[C-]1CCCC1.C[C-]1CCCC1.C[C-]1CCCC1/C=N/N(CCOCCN(/N=C/C1CCC[C-]1C)c1ccccc1)c1ccccc1.[Fe+2].[Fe+2]. The van der Waals surface area contributed by atoms with Crippen molar-refractivity contribution in [2.24, 2.45) is 22.0 Å². The topological polar surface area (TPSA) is 40.4 Å². The molecule has 2 aromatic carbocycles. The third-order valence-electron chi connectivity index (χ3n) is 10.1. The molecule has 0 bridgehead atoms. The number of hydrogen-bond acceptors (Lipinski definition) is 5. The fraction of sp³-hybridized carbons (Fsp3) is 0.571. The summed E-state index contributed by atoms with van der Waals surface area (Å²) < 4.78 is 6.08. The maximum atomic E-state index is 6.08. The van der Waals surface area contributed by atoms with E-state index < -0.39 is 0 Å². The Hall–Kier alpha value is -1.62. The van der Waals surface area contributed by atoms with Gasteiger partial charge >= 0.3 is 34.1 Å². The van der Waals surface area contributed by atoms with Crippen molar-refractivity contribution in [2.45, 2.75) is 118 Å². The molecule has 0 N–H and O–H groups in total. The largest absolute Gasteiger partial charge is 2.00 e. The van der Waals surface area contributed by atoms with Gasteiger partial charge in [-0.1, -0.05) is 87.8 Å². The summed E-state index contributed by atoms with van der Waals surface area (Å²) >= 11 is 0. The first-order chi connectivity index (χ1) is 23.0. The zero-order chi connectivity index (χ0) is 33.1.